The monoisotopic (exact) mass is 398 g/mol. The quantitative estimate of drug-likeness (QED) is 0.252. The van der Waals surface area contributed by atoms with Crippen LogP contribution in [0.2, 0.25) is 0 Å². The van der Waals surface area contributed by atoms with Crippen molar-refractivity contribution in [1.82, 2.24) is 15.0 Å². The molecule has 0 unspecified atom stereocenters. The molecule has 3 N–H and O–H groups in total. The lowest BCUT2D eigenvalue weighted by molar-refractivity contribution is 0.0605. The van der Waals surface area contributed by atoms with Crippen LogP contribution in [-0.4, -0.2) is 75.2 Å². The van der Waals surface area contributed by atoms with Crippen molar-refractivity contribution >= 4 is 37.1 Å². The molecule has 0 aliphatic carbocycles. The lowest BCUT2D eigenvalue weighted by atomic mass is 10.7. The molecule has 0 spiro atoms. The summed E-state index contributed by atoms with van der Waals surface area (Å²) in [6.07, 6.45) is 1.52. The summed E-state index contributed by atoms with van der Waals surface area (Å²) in [5.41, 5.74) is 0. The number of aromatic nitrogens is 3. The largest absolute Gasteiger partial charge is 0.378 e. The van der Waals surface area contributed by atoms with Gasteiger partial charge >= 0.3 is 7.60 Å². The summed E-state index contributed by atoms with van der Waals surface area (Å²) in [4.78, 5) is 30.0. The lowest BCUT2D eigenvalue weighted by Gasteiger charge is -2.08. The SMILES string of the molecule is CSCCOCCOCCSc1nc(C)nc(NCP(=O)(O)O)n1. The summed E-state index contributed by atoms with van der Waals surface area (Å²) in [6.45, 7) is 4.07. The molecule has 0 fully saturated rings. The highest BCUT2D eigenvalue weighted by molar-refractivity contribution is 7.99. The second kappa shape index (κ2) is 12.0. The molecule has 1 aromatic rings. The molecule has 0 amide bonds. The van der Waals surface area contributed by atoms with E-state index in [1.165, 1.54) is 11.8 Å². The first-order valence-corrected chi connectivity index (χ1v) is 11.4. The fourth-order valence-corrected chi connectivity index (χ4v) is 2.79. The summed E-state index contributed by atoms with van der Waals surface area (Å²) in [7, 11) is -4.16. The Kier molecular flexibility index (Phi) is 10.8. The van der Waals surface area contributed by atoms with E-state index in [-0.39, 0.29) is 5.95 Å². The molecule has 0 saturated carbocycles. The molecule has 1 heterocycles. The molecule has 1 rings (SSSR count). The number of nitrogens with one attached hydrogen (secondary N) is 1. The first-order chi connectivity index (χ1) is 11.4. The first kappa shape index (κ1) is 21.6. The number of thioether (sulfide) groups is 2. The van der Waals surface area contributed by atoms with E-state index in [9.17, 15) is 4.57 Å². The topological polar surface area (TPSA) is 127 Å². The van der Waals surface area contributed by atoms with Crippen molar-refractivity contribution in [3.05, 3.63) is 5.82 Å². The third kappa shape index (κ3) is 11.2. The smallest absolute Gasteiger partial charge is 0.344 e. The maximum absolute atomic E-state index is 10.9. The van der Waals surface area contributed by atoms with Gasteiger partial charge in [0.2, 0.25) is 5.95 Å². The van der Waals surface area contributed by atoms with Gasteiger partial charge in [0.1, 0.15) is 12.1 Å². The average molecular weight is 398 g/mol. The minimum Gasteiger partial charge on any atom is -0.378 e. The molecule has 0 bridgehead atoms. The van der Waals surface area contributed by atoms with Crippen LogP contribution < -0.4 is 5.32 Å². The predicted octanol–water partition coefficient (Wildman–Crippen LogP) is 1.22. The van der Waals surface area contributed by atoms with Gasteiger partial charge < -0.3 is 24.6 Å². The molecule has 1 aromatic heterocycles. The Hall–Kier alpha value is -0.420. The van der Waals surface area contributed by atoms with Gasteiger partial charge in [-0.15, -0.1) is 0 Å². The Morgan fingerprint density at radius 1 is 1.08 bits per heavy atom. The van der Waals surface area contributed by atoms with Crippen LogP contribution in [0.5, 0.6) is 0 Å². The summed E-state index contributed by atoms with van der Waals surface area (Å²) in [6, 6.07) is 0. The third-order valence-electron chi connectivity index (χ3n) is 2.43. The number of hydrogen-bond acceptors (Lipinski definition) is 9. The van der Waals surface area contributed by atoms with Crippen LogP contribution >= 0.6 is 31.1 Å². The van der Waals surface area contributed by atoms with E-state index in [0.29, 0.717) is 36.6 Å². The summed E-state index contributed by atoms with van der Waals surface area (Å²) >= 11 is 3.13. The number of hydrogen-bond donors (Lipinski definition) is 3. The summed E-state index contributed by atoms with van der Waals surface area (Å²) < 4.78 is 21.7. The van der Waals surface area contributed by atoms with Crippen LogP contribution in [0.1, 0.15) is 5.82 Å². The summed E-state index contributed by atoms with van der Waals surface area (Å²) in [5.74, 6) is 2.26. The van der Waals surface area contributed by atoms with Gasteiger partial charge in [-0.25, -0.2) is 4.98 Å². The fourth-order valence-electron chi connectivity index (χ4n) is 1.43. The highest BCUT2D eigenvalue weighted by Gasteiger charge is 2.13. The number of ether oxygens (including phenoxy) is 2. The van der Waals surface area contributed by atoms with Crippen LogP contribution in [0.4, 0.5) is 5.95 Å². The molecular formula is C12H23N4O5PS2. The zero-order valence-corrected chi connectivity index (χ0v) is 16.2. The molecule has 0 aromatic carbocycles. The highest BCUT2D eigenvalue weighted by atomic mass is 32.2. The van der Waals surface area contributed by atoms with E-state index in [1.807, 2.05) is 6.26 Å². The average Bonchev–Trinajstić information content (AvgIpc) is 2.50. The van der Waals surface area contributed by atoms with E-state index in [2.05, 4.69) is 20.3 Å². The van der Waals surface area contributed by atoms with E-state index in [0.717, 1.165) is 12.4 Å². The second-order valence-electron chi connectivity index (χ2n) is 4.55. The standard InChI is InChI=1S/C12H23N4O5PS2/c1-10-14-11(13-9-22(17,18)19)16-12(15-10)24-8-6-21-4-3-20-5-7-23-2/h3-9H2,1-2H3,(H2,17,18,19)(H,13,14,15,16). The molecular weight excluding hydrogens is 375 g/mol. The van der Waals surface area contributed by atoms with Gasteiger partial charge in [0.15, 0.2) is 5.16 Å². The van der Waals surface area contributed by atoms with Crippen molar-refractivity contribution in [3.8, 4) is 0 Å². The van der Waals surface area contributed by atoms with Crippen molar-refractivity contribution < 1.29 is 23.8 Å². The number of anilines is 1. The molecule has 138 valence electrons. The fraction of sp³-hybridized carbons (Fsp3) is 0.750. The van der Waals surface area contributed by atoms with E-state index in [1.54, 1.807) is 18.7 Å². The van der Waals surface area contributed by atoms with Crippen LogP contribution in [0, 0.1) is 6.92 Å². The zero-order valence-electron chi connectivity index (χ0n) is 13.7. The number of rotatable bonds is 13. The third-order valence-corrected chi connectivity index (χ3v) is 4.39. The Bertz CT molecular complexity index is 534. The van der Waals surface area contributed by atoms with Crippen LogP contribution in [0.15, 0.2) is 5.16 Å². The van der Waals surface area contributed by atoms with Crippen molar-refractivity contribution in [2.24, 2.45) is 0 Å². The Morgan fingerprint density at radius 3 is 2.38 bits per heavy atom. The van der Waals surface area contributed by atoms with Crippen molar-refractivity contribution in [1.29, 1.82) is 0 Å². The zero-order chi connectivity index (χ0) is 17.8. The normalized spacial score (nSPS) is 11.7. The minimum atomic E-state index is -4.16. The highest BCUT2D eigenvalue weighted by Crippen LogP contribution is 2.33. The van der Waals surface area contributed by atoms with Crippen molar-refractivity contribution in [3.63, 3.8) is 0 Å². The van der Waals surface area contributed by atoms with Crippen molar-refractivity contribution in [2.45, 2.75) is 12.1 Å². The Labute approximate surface area is 149 Å². The van der Waals surface area contributed by atoms with E-state index >= 15 is 0 Å². The van der Waals surface area contributed by atoms with Crippen LogP contribution in [0.3, 0.4) is 0 Å². The van der Waals surface area contributed by atoms with E-state index < -0.39 is 13.9 Å². The van der Waals surface area contributed by atoms with Gasteiger partial charge in [-0.1, -0.05) is 11.8 Å². The molecule has 0 aliphatic heterocycles. The molecule has 0 saturated heterocycles. The maximum atomic E-state index is 10.9. The maximum Gasteiger partial charge on any atom is 0.344 e. The summed E-state index contributed by atoms with van der Waals surface area (Å²) in [5, 5.41) is 2.99. The Morgan fingerprint density at radius 2 is 1.75 bits per heavy atom. The minimum absolute atomic E-state index is 0.149. The molecule has 0 atom stereocenters. The molecule has 0 radical (unpaired) electrons. The van der Waals surface area contributed by atoms with Crippen LogP contribution in [0.25, 0.3) is 0 Å². The number of aryl methyl sites for hydroxylation is 1. The number of nitrogens with zero attached hydrogens (tertiary/aromatic N) is 3. The molecule has 9 nitrogen and oxygen atoms in total. The lowest BCUT2D eigenvalue weighted by Crippen LogP contribution is -2.09. The van der Waals surface area contributed by atoms with Gasteiger partial charge in [0, 0.05) is 11.5 Å². The molecule has 24 heavy (non-hydrogen) atoms. The van der Waals surface area contributed by atoms with Crippen LogP contribution in [-0.2, 0) is 14.0 Å². The van der Waals surface area contributed by atoms with Gasteiger partial charge in [-0.05, 0) is 13.2 Å². The van der Waals surface area contributed by atoms with Gasteiger partial charge in [0.05, 0.1) is 26.4 Å². The predicted molar refractivity (Wildman–Crippen MR) is 95.8 cm³/mol. The molecule has 12 heteroatoms. The van der Waals surface area contributed by atoms with Gasteiger partial charge in [-0.2, -0.15) is 21.7 Å². The molecule has 0 aliphatic rings. The Balaban J connectivity index is 2.25. The van der Waals surface area contributed by atoms with Gasteiger partial charge in [0.25, 0.3) is 0 Å². The van der Waals surface area contributed by atoms with E-state index in [4.69, 9.17) is 19.3 Å². The first-order valence-electron chi connectivity index (χ1n) is 7.19. The van der Waals surface area contributed by atoms with Crippen molar-refractivity contribution in [2.75, 3.05) is 55.8 Å². The van der Waals surface area contributed by atoms with Gasteiger partial charge in [-0.3, -0.25) is 4.57 Å². The second-order valence-corrected chi connectivity index (χ2v) is 8.25.